The normalized spacial score (nSPS) is 12.3. The zero-order chi connectivity index (χ0) is 14.0. The Kier molecular flexibility index (Phi) is 5.09. The van der Waals surface area contributed by atoms with Gasteiger partial charge >= 0.3 is 0 Å². The molecule has 0 saturated heterocycles. The van der Waals surface area contributed by atoms with Crippen LogP contribution in [0.2, 0.25) is 5.02 Å². The highest BCUT2D eigenvalue weighted by atomic mass is 127. The van der Waals surface area contributed by atoms with E-state index in [1.54, 1.807) is 12.1 Å². The average Bonchev–Trinajstić information content (AvgIpc) is 2.35. The second-order valence-corrected chi connectivity index (χ2v) is 6.67. The summed E-state index contributed by atoms with van der Waals surface area (Å²) in [5, 5.41) is 3.99. The highest BCUT2D eigenvalue weighted by Gasteiger charge is 2.12. The Hall–Kier alpha value is -0.330. The van der Waals surface area contributed by atoms with Crippen LogP contribution in [0.25, 0.3) is 0 Å². The van der Waals surface area contributed by atoms with Gasteiger partial charge in [0.1, 0.15) is 5.82 Å². The van der Waals surface area contributed by atoms with Gasteiger partial charge in [-0.05, 0) is 65.9 Å². The number of halogens is 4. The standard InChI is InChI=1S/C14H11BrClFIN/c1-8(11-6-9(15)2-4-12(11)17)19-14-5-3-10(16)7-13(14)18/h2-8,19H,1H3. The van der Waals surface area contributed by atoms with Crippen molar-refractivity contribution in [2.24, 2.45) is 0 Å². The second-order valence-electron chi connectivity index (χ2n) is 4.16. The summed E-state index contributed by atoms with van der Waals surface area (Å²) in [6.45, 7) is 1.93. The van der Waals surface area contributed by atoms with E-state index < -0.39 is 0 Å². The van der Waals surface area contributed by atoms with Gasteiger partial charge in [0, 0.05) is 24.3 Å². The van der Waals surface area contributed by atoms with Gasteiger partial charge in [-0.1, -0.05) is 27.5 Å². The van der Waals surface area contributed by atoms with Gasteiger partial charge in [-0.2, -0.15) is 0 Å². The summed E-state index contributed by atoms with van der Waals surface area (Å²) >= 11 is 11.5. The first-order valence-electron chi connectivity index (χ1n) is 5.64. The molecule has 0 fully saturated rings. The highest BCUT2D eigenvalue weighted by molar-refractivity contribution is 14.1. The summed E-state index contributed by atoms with van der Waals surface area (Å²) in [5.41, 5.74) is 1.57. The summed E-state index contributed by atoms with van der Waals surface area (Å²) in [7, 11) is 0. The van der Waals surface area contributed by atoms with E-state index in [1.807, 2.05) is 25.1 Å². The van der Waals surface area contributed by atoms with Crippen LogP contribution in [0.5, 0.6) is 0 Å². The van der Waals surface area contributed by atoms with E-state index in [-0.39, 0.29) is 11.9 Å². The third-order valence-corrected chi connectivity index (χ3v) is 4.35. The van der Waals surface area contributed by atoms with E-state index >= 15 is 0 Å². The van der Waals surface area contributed by atoms with Crippen LogP contribution < -0.4 is 5.32 Å². The lowest BCUT2D eigenvalue weighted by Crippen LogP contribution is -2.09. The smallest absolute Gasteiger partial charge is 0.128 e. The third-order valence-electron chi connectivity index (χ3n) is 2.73. The summed E-state index contributed by atoms with van der Waals surface area (Å²) in [6, 6.07) is 10.4. The Balaban J connectivity index is 2.25. The molecule has 0 aliphatic carbocycles. The van der Waals surface area contributed by atoms with Gasteiger partial charge in [-0.25, -0.2) is 4.39 Å². The van der Waals surface area contributed by atoms with Crippen molar-refractivity contribution in [3.05, 3.63) is 60.8 Å². The summed E-state index contributed by atoms with van der Waals surface area (Å²) in [6.07, 6.45) is 0. The molecule has 1 atom stereocenters. The van der Waals surface area contributed by atoms with E-state index in [4.69, 9.17) is 11.6 Å². The summed E-state index contributed by atoms with van der Waals surface area (Å²) in [5.74, 6) is -0.216. The number of nitrogens with one attached hydrogen (secondary N) is 1. The van der Waals surface area contributed by atoms with Crippen LogP contribution in [0.4, 0.5) is 10.1 Å². The Morgan fingerprint density at radius 2 is 2.00 bits per heavy atom. The summed E-state index contributed by atoms with van der Waals surface area (Å²) < 4.78 is 15.7. The van der Waals surface area contributed by atoms with Crippen molar-refractivity contribution in [2.45, 2.75) is 13.0 Å². The molecule has 1 nitrogen and oxygen atoms in total. The number of benzene rings is 2. The zero-order valence-electron chi connectivity index (χ0n) is 10.1. The second kappa shape index (κ2) is 6.41. The molecule has 0 radical (unpaired) electrons. The van der Waals surface area contributed by atoms with E-state index in [1.165, 1.54) is 6.07 Å². The van der Waals surface area contributed by atoms with Gasteiger partial charge in [0.2, 0.25) is 0 Å². The quantitative estimate of drug-likeness (QED) is 0.560. The number of rotatable bonds is 3. The Bertz CT molecular complexity index is 606. The first kappa shape index (κ1) is 15.1. The molecule has 19 heavy (non-hydrogen) atoms. The molecule has 2 aromatic carbocycles. The van der Waals surface area contributed by atoms with E-state index in [0.717, 1.165) is 13.7 Å². The molecule has 1 N–H and O–H groups in total. The van der Waals surface area contributed by atoms with Crippen LogP contribution in [-0.2, 0) is 0 Å². The van der Waals surface area contributed by atoms with Crippen LogP contribution in [0, 0.1) is 9.39 Å². The fourth-order valence-corrected chi connectivity index (χ4v) is 3.17. The lowest BCUT2D eigenvalue weighted by molar-refractivity contribution is 0.600. The maximum absolute atomic E-state index is 13.8. The van der Waals surface area contributed by atoms with Crippen LogP contribution in [0.1, 0.15) is 18.5 Å². The van der Waals surface area contributed by atoms with Crippen LogP contribution in [-0.4, -0.2) is 0 Å². The fraction of sp³-hybridized carbons (Fsp3) is 0.143. The van der Waals surface area contributed by atoms with Crippen molar-refractivity contribution in [2.75, 3.05) is 5.32 Å². The van der Waals surface area contributed by atoms with Gasteiger partial charge in [0.05, 0.1) is 6.04 Å². The van der Waals surface area contributed by atoms with Crippen molar-refractivity contribution < 1.29 is 4.39 Å². The van der Waals surface area contributed by atoms with Gasteiger partial charge in [0.25, 0.3) is 0 Å². The van der Waals surface area contributed by atoms with Crippen molar-refractivity contribution in [1.82, 2.24) is 0 Å². The van der Waals surface area contributed by atoms with Crippen molar-refractivity contribution in [3.8, 4) is 0 Å². The van der Waals surface area contributed by atoms with E-state index in [9.17, 15) is 4.39 Å². The van der Waals surface area contributed by atoms with Crippen LogP contribution in [0.3, 0.4) is 0 Å². The Labute approximate surface area is 138 Å². The number of hydrogen-bond donors (Lipinski definition) is 1. The first-order chi connectivity index (χ1) is 8.97. The Morgan fingerprint density at radius 1 is 1.26 bits per heavy atom. The SMILES string of the molecule is CC(Nc1ccc(Cl)cc1I)c1cc(Br)ccc1F. The molecule has 0 bridgehead atoms. The monoisotopic (exact) mass is 453 g/mol. The molecule has 5 heteroatoms. The minimum absolute atomic E-state index is 0.132. The number of anilines is 1. The molecule has 0 aliphatic heterocycles. The third kappa shape index (κ3) is 3.83. The highest BCUT2D eigenvalue weighted by Crippen LogP contribution is 2.28. The molecule has 1 unspecified atom stereocenters. The lowest BCUT2D eigenvalue weighted by atomic mass is 10.1. The first-order valence-corrected chi connectivity index (χ1v) is 7.89. The molecule has 0 heterocycles. The summed E-state index contributed by atoms with van der Waals surface area (Å²) in [4.78, 5) is 0. The maximum Gasteiger partial charge on any atom is 0.128 e. The molecule has 0 spiro atoms. The van der Waals surface area contributed by atoms with Crippen molar-refractivity contribution >= 4 is 55.8 Å². The zero-order valence-corrected chi connectivity index (χ0v) is 14.6. The van der Waals surface area contributed by atoms with Crippen molar-refractivity contribution in [1.29, 1.82) is 0 Å². The molecule has 2 rings (SSSR count). The van der Waals surface area contributed by atoms with Crippen LogP contribution in [0.15, 0.2) is 40.9 Å². The minimum Gasteiger partial charge on any atom is -0.378 e. The van der Waals surface area contributed by atoms with Gasteiger partial charge < -0.3 is 5.32 Å². The lowest BCUT2D eigenvalue weighted by Gasteiger charge is -2.18. The minimum atomic E-state index is -0.216. The molecular formula is C14H11BrClFIN. The predicted octanol–water partition coefficient (Wildman–Crippen LogP) is 6.02. The van der Waals surface area contributed by atoms with Gasteiger partial charge in [-0.3, -0.25) is 0 Å². The largest absolute Gasteiger partial charge is 0.378 e. The molecule has 0 aliphatic rings. The van der Waals surface area contributed by atoms with E-state index in [2.05, 4.69) is 43.8 Å². The Morgan fingerprint density at radius 3 is 2.68 bits per heavy atom. The maximum atomic E-state index is 13.8. The fourth-order valence-electron chi connectivity index (χ4n) is 1.76. The van der Waals surface area contributed by atoms with Crippen molar-refractivity contribution in [3.63, 3.8) is 0 Å². The molecule has 0 amide bonds. The van der Waals surface area contributed by atoms with Crippen LogP contribution >= 0.6 is 50.1 Å². The molecular weight excluding hydrogens is 443 g/mol. The van der Waals surface area contributed by atoms with E-state index in [0.29, 0.717) is 10.6 Å². The molecule has 0 saturated carbocycles. The molecule has 0 aromatic heterocycles. The molecule has 100 valence electrons. The topological polar surface area (TPSA) is 12.0 Å². The molecule has 2 aromatic rings. The van der Waals surface area contributed by atoms with Gasteiger partial charge in [0.15, 0.2) is 0 Å². The number of hydrogen-bond acceptors (Lipinski definition) is 1. The predicted molar refractivity (Wildman–Crippen MR) is 90.3 cm³/mol. The average molecular weight is 455 g/mol. The van der Waals surface area contributed by atoms with Gasteiger partial charge in [-0.15, -0.1) is 0 Å².